The molecule has 4 aliphatic carbocycles. The first kappa shape index (κ1) is 9.93. The first-order chi connectivity index (χ1) is 8.29. The minimum atomic E-state index is -0.281. The number of cyclic esters (lactones) is 1. The Morgan fingerprint density at radius 1 is 1.00 bits per heavy atom. The molecule has 1 heterocycles. The molecule has 1 spiro atoms. The Balaban J connectivity index is 1.79. The Bertz CT molecular complexity index is 391. The Hall–Kier alpha value is -1.05. The zero-order chi connectivity index (χ0) is 11.5. The topological polar surface area (TPSA) is 26.3 Å². The van der Waals surface area contributed by atoms with Crippen molar-refractivity contribution in [2.45, 2.75) is 32.1 Å². The standard InChI is InChI=1S/C15H18O2/c16-14-15(3-1-2-4-17-14)12-6-10-5-11(8-12)9-13(15)7-10/h1-4,10-13H,5-9H2. The van der Waals surface area contributed by atoms with Crippen LogP contribution in [0.1, 0.15) is 32.1 Å². The molecule has 0 aromatic rings. The molecule has 0 amide bonds. The molecule has 0 saturated heterocycles. The molecule has 4 fully saturated rings. The van der Waals surface area contributed by atoms with Crippen molar-refractivity contribution in [1.82, 2.24) is 0 Å². The predicted molar refractivity (Wildman–Crippen MR) is 63.9 cm³/mol. The number of ether oxygens (including phenoxy) is 1. The monoisotopic (exact) mass is 230 g/mol. The molecule has 4 saturated carbocycles. The average Bonchev–Trinajstić information content (AvgIpc) is 2.48. The molecule has 1 aliphatic heterocycles. The van der Waals surface area contributed by atoms with Crippen LogP contribution >= 0.6 is 0 Å². The molecular formula is C15H18O2. The Kier molecular flexibility index (Phi) is 1.89. The minimum absolute atomic E-state index is 0.0105. The van der Waals surface area contributed by atoms with Crippen LogP contribution in [0.15, 0.2) is 24.5 Å². The first-order valence-electron chi connectivity index (χ1n) is 6.84. The van der Waals surface area contributed by atoms with E-state index in [0.717, 1.165) is 11.8 Å². The summed E-state index contributed by atoms with van der Waals surface area (Å²) < 4.78 is 5.30. The third-order valence-corrected chi connectivity index (χ3v) is 5.58. The van der Waals surface area contributed by atoms with Crippen LogP contribution < -0.4 is 0 Å². The molecule has 4 bridgehead atoms. The van der Waals surface area contributed by atoms with Crippen molar-refractivity contribution in [3.05, 3.63) is 24.5 Å². The number of allylic oxidation sites excluding steroid dienone is 2. The number of hydrogen-bond acceptors (Lipinski definition) is 2. The maximum atomic E-state index is 12.4. The van der Waals surface area contributed by atoms with Gasteiger partial charge < -0.3 is 4.74 Å². The summed E-state index contributed by atoms with van der Waals surface area (Å²) in [6.07, 6.45) is 14.0. The van der Waals surface area contributed by atoms with Crippen LogP contribution in [0.2, 0.25) is 0 Å². The summed E-state index contributed by atoms with van der Waals surface area (Å²) in [5.74, 6) is 2.88. The van der Waals surface area contributed by atoms with E-state index in [4.69, 9.17) is 4.74 Å². The zero-order valence-corrected chi connectivity index (χ0v) is 9.97. The molecular weight excluding hydrogens is 212 g/mol. The van der Waals surface area contributed by atoms with Crippen LogP contribution in [-0.2, 0) is 9.53 Å². The normalized spacial score (nSPS) is 50.7. The van der Waals surface area contributed by atoms with E-state index < -0.39 is 0 Å². The van der Waals surface area contributed by atoms with E-state index in [1.165, 1.54) is 32.1 Å². The van der Waals surface area contributed by atoms with E-state index in [2.05, 4.69) is 6.08 Å². The summed E-state index contributed by atoms with van der Waals surface area (Å²) in [6, 6.07) is 0. The molecule has 0 atom stereocenters. The highest BCUT2D eigenvalue weighted by Crippen LogP contribution is 2.63. The Morgan fingerprint density at radius 3 is 2.29 bits per heavy atom. The van der Waals surface area contributed by atoms with Gasteiger partial charge >= 0.3 is 5.97 Å². The van der Waals surface area contributed by atoms with Crippen molar-refractivity contribution in [3.63, 3.8) is 0 Å². The molecule has 2 heteroatoms. The minimum Gasteiger partial charge on any atom is -0.434 e. The fourth-order valence-corrected chi connectivity index (χ4v) is 5.10. The lowest BCUT2D eigenvalue weighted by atomic mass is 9.45. The van der Waals surface area contributed by atoms with Crippen molar-refractivity contribution in [1.29, 1.82) is 0 Å². The number of carbonyl (C=O) groups excluding carboxylic acids is 1. The van der Waals surface area contributed by atoms with Gasteiger partial charge in [-0.2, -0.15) is 0 Å². The summed E-state index contributed by atoms with van der Waals surface area (Å²) in [4.78, 5) is 12.4. The van der Waals surface area contributed by atoms with Gasteiger partial charge in [-0.25, -0.2) is 0 Å². The highest BCUT2D eigenvalue weighted by Gasteiger charge is 2.60. The quantitative estimate of drug-likeness (QED) is 0.598. The Labute approximate surface area is 102 Å². The molecule has 0 radical (unpaired) electrons. The fraction of sp³-hybridized carbons (Fsp3) is 0.667. The Morgan fingerprint density at radius 2 is 1.65 bits per heavy atom. The molecule has 5 rings (SSSR count). The van der Waals surface area contributed by atoms with Crippen LogP contribution in [0.4, 0.5) is 0 Å². The van der Waals surface area contributed by atoms with Gasteiger partial charge in [0.15, 0.2) is 0 Å². The molecule has 0 unspecified atom stereocenters. The van der Waals surface area contributed by atoms with E-state index in [0.29, 0.717) is 11.8 Å². The summed E-state index contributed by atoms with van der Waals surface area (Å²) >= 11 is 0. The summed E-state index contributed by atoms with van der Waals surface area (Å²) in [5.41, 5.74) is -0.281. The van der Waals surface area contributed by atoms with Crippen LogP contribution in [0.3, 0.4) is 0 Å². The lowest BCUT2D eigenvalue weighted by Crippen LogP contribution is -2.55. The highest BCUT2D eigenvalue weighted by molar-refractivity contribution is 5.81. The SMILES string of the molecule is O=C1OC=CC=CC12C1CC3CC(C1)CC2C3. The third-order valence-electron chi connectivity index (χ3n) is 5.58. The van der Waals surface area contributed by atoms with E-state index in [1.807, 2.05) is 12.2 Å². The molecule has 90 valence electrons. The van der Waals surface area contributed by atoms with E-state index in [1.54, 1.807) is 6.26 Å². The maximum absolute atomic E-state index is 12.4. The van der Waals surface area contributed by atoms with Gasteiger partial charge in [-0.15, -0.1) is 0 Å². The smallest absolute Gasteiger partial charge is 0.321 e. The largest absolute Gasteiger partial charge is 0.434 e. The highest BCUT2D eigenvalue weighted by atomic mass is 16.5. The van der Waals surface area contributed by atoms with Gasteiger partial charge in [-0.05, 0) is 61.9 Å². The number of hydrogen-bond donors (Lipinski definition) is 0. The number of esters is 1. The number of rotatable bonds is 0. The van der Waals surface area contributed by atoms with E-state index in [-0.39, 0.29) is 11.4 Å². The lowest BCUT2D eigenvalue weighted by molar-refractivity contribution is -0.168. The molecule has 0 aromatic carbocycles. The maximum Gasteiger partial charge on any atom is 0.321 e. The molecule has 2 nitrogen and oxygen atoms in total. The lowest BCUT2D eigenvalue weighted by Gasteiger charge is -2.58. The van der Waals surface area contributed by atoms with E-state index in [9.17, 15) is 4.79 Å². The molecule has 0 aromatic heterocycles. The van der Waals surface area contributed by atoms with Gasteiger partial charge in [-0.1, -0.05) is 12.2 Å². The van der Waals surface area contributed by atoms with Gasteiger partial charge in [0.25, 0.3) is 0 Å². The molecule has 5 aliphatic rings. The molecule has 0 N–H and O–H groups in total. The van der Waals surface area contributed by atoms with Crippen molar-refractivity contribution in [3.8, 4) is 0 Å². The van der Waals surface area contributed by atoms with Crippen LogP contribution in [0, 0.1) is 29.1 Å². The van der Waals surface area contributed by atoms with Crippen molar-refractivity contribution in [2.75, 3.05) is 0 Å². The van der Waals surface area contributed by atoms with Crippen molar-refractivity contribution in [2.24, 2.45) is 29.1 Å². The predicted octanol–water partition coefficient (Wildman–Crippen LogP) is 3.06. The van der Waals surface area contributed by atoms with Gasteiger partial charge in [0, 0.05) is 0 Å². The second kappa shape index (κ2) is 3.24. The van der Waals surface area contributed by atoms with Crippen LogP contribution in [0.5, 0.6) is 0 Å². The third kappa shape index (κ3) is 1.19. The van der Waals surface area contributed by atoms with Crippen molar-refractivity contribution >= 4 is 5.97 Å². The summed E-state index contributed by atoms with van der Waals surface area (Å²) in [5, 5.41) is 0. The zero-order valence-electron chi connectivity index (χ0n) is 9.97. The van der Waals surface area contributed by atoms with Crippen molar-refractivity contribution < 1.29 is 9.53 Å². The van der Waals surface area contributed by atoms with Gasteiger partial charge in [0.1, 0.15) is 0 Å². The average molecular weight is 230 g/mol. The van der Waals surface area contributed by atoms with Gasteiger partial charge in [0.05, 0.1) is 11.7 Å². The second-order valence-corrected chi connectivity index (χ2v) is 6.33. The van der Waals surface area contributed by atoms with Crippen LogP contribution in [-0.4, -0.2) is 5.97 Å². The summed E-state index contributed by atoms with van der Waals surface area (Å²) in [6.45, 7) is 0. The first-order valence-corrected chi connectivity index (χ1v) is 6.84. The van der Waals surface area contributed by atoms with E-state index >= 15 is 0 Å². The van der Waals surface area contributed by atoms with Gasteiger partial charge in [0.2, 0.25) is 0 Å². The molecule has 17 heavy (non-hydrogen) atoms. The number of carbonyl (C=O) groups is 1. The van der Waals surface area contributed by atoms with Gasteiger partial charge in [-0.3, -0.25) is 4.79 Å². The fourth-order valence-electron chi connectivity index (χ4n) is 5.10. The summed E-state index contributed by atoms with van der Waals surface area (Å²) in [7, 11) is 0. The second-order valence-electron chi connectivity index (χ2n) is 6.33. The van der Waals surface area contributed by atoms with Crippen LogP contribution in [0.25, 0.3) is 0 Å².